The van der Waals surface area contributed by atoms with Crippen LogP contribution in [0.2, 0.25) is 0 Å². The first kappa shape index (κ1) is 17.7. The maximum Gasteiger partial charge on any atom is 0.243 e. The van der Waals surface area contributed by atoms with Crippen molar-refractivity contribution in [3.8, 4) is 11.5 Å². The van der Waals surface area contributed by atoms with Crippen LogP contribution >= 0.6 is 0 Å². The number of aryl methyl sites for hydroxylation is 1. The first-order valence-electron chi connectivity index (χ1n) is 7.99. The average molecular weight is 366 g/mol. The molecule has 1 aromatic heterocycles. The minimum Gasteiger partial charge on any atom is -0.454 e. The molecule has 136 valence electrons. The van der Waals surface area contributed by atoms with Gasteiger partial charge in [0.15, 0.2) is 11.5 Å². The first-order chi connectivity index (χ1) is 11.9. The lowest BCUT2D eigenvalue weighted by Gasteiger charge is -2.25. The van der Waals surface area contributed by atoms with Crippen LogP contribution in [0.1, 0.15) is 18.5 Å². The zero-order valence-electron chi connectivity index (χ0n) is 14.5. The Kier molecular flexibility index (Phi) is 4.98. The molecule has 3 rings (SSSR count). The Morgan fingerprint density at radius 3 is 2.76 bits per heavy atom. The number of hydrogen-bond donors (Lipinski definition) is 1. The number of rotatable bonds is 7. The first-order valence-corrected chi connectivity index (χ1v) is 9.47. The molecule has 1 aliphatic rings. The molecule has 1 aliphatic heterocycles. The summed E-state index contributed by atoms with van der Waals surface area (Å²) in [4.78, 5) is 2.12. The Hall–Kier alpha value is -2.10. The highest BCUT2D eigenvalue weighted by Crippen LogP contribution is 2.35. The predicted octanol–water partition coefficient (Wildman–Crippen LogP) is 1.21. The number of fused-ring (bicyclic) bond motifs is 1. The van der Waals surface area contributed by atoms with Gasteiger partial charge in [-0.2, -0.15) is 5.10 Å². The highest BCUT2D eigenvalue weighted by molar-refractivity contribution is 7.89. The highest BCUT2D eigenvalue weighted by atomic mass is 32.2. The third-order valence-electron chi connectivity index (χ3n) is 4.12. The van der Waals surface area contributed by atoms with E-state index in [1.54, 1.807) is 4.68 Å². The van der Waals surface area contributed by atoms with E-state index >= 15 is 0 Å². The number of nitrogens with zero attached hydrogens (tertiary/aromatic N) is 3. The standard InChI is InChI=1S/C16H22N4O4S/c1-4-20-10-13(8-17-20)25(21,22)18-9-14(19(2)3)12-5-6-15-16(7-12)24-11-23-15/h5-8,10,14,18H,4,9,11H2,1-3H3. The summed E-state index contributed by atoms with van der Waals surface area (Å²) in [5.74, 6) is 1.38. The zero-order chi connectivity index (χ0) is 18.0. The molecule has 0 saturated carbocycles. The molecule has 0 bridgehead atoms. The fourth-order valence-corrected chi connectivity index (χ4v) is 3.64. The van der Waals surface area contributed by atoms with Gasteiger partial charge in [0.25, 0.3) is 0 Å². The Bertz CT molecular complexity index is 848. The second-order valence-electron chi connectivity index (χ2n) is 5.98. The summed E-state index contributed by atoms with van der Waals surface area (Å²) in [6.07, 6.45) is 2.88. The second kappa shape index (κ2) is 7.03. The highest BCUT2D eigenvalue weighted by Gasteiger charge is 2.23. The van der Waals surface area contributed by atoms with Crippen molar-refractivity contribution < 1.29 is 17.9 Å². The van der Waals surface area contributed by atoms with Gasteiger partial charge in [-0.25, -0.2) is 13.1 Å². The van der Waals surface area contributed by atoms with E-state index in [4.69, 9.17) is 9.47 Å². The molecule has 1 N–H and O–H groups in total. The van der Waals surface area contributed by atoms with E-state index in [2.05, 4.69) is 9.82 Å². The normalized spacial score (nSPS) is 14.9. The lowest BCUT2D eigenvalue weighted by molar-refractivity contribution is 0.174. The van der Waals surface area contributed by atoms with Gasteiger partial charge in [0.2, 0.25) is 16.8 Å². The van der Waals surface area contributed by atoms with E-state index in [-0.39, 0.29) is 24.3 Å². The van der Waals surface area contributed by atoms with Crippen LogP contribution in [0.15, 0.2) is 35.5 Å². The maximum atomic E-state index is 12.5. The van der Waals surface area contributed by atoms with Gasteiger partial charge < -0.3 is 14.4 Å². The van der Waals surface area contributed by atoms with Crippen LogP contribution in [-0.2, 0) is 16.6 Å². The number of nitrogens with one attached hydrogen (secondary N) is 1. The molecule has 0 amide bonds. The lowest BCUT2D eigenvalue weighted by atomic mass is 10.1. The Morgan fingerprint density at radius 2 is 2.08 bits per heavy atom. The molecular weight excluding hydrogens is 344 g/mol. The van der Waals surface area contributed by atoms with Crippen molar-refractivity contribution in [3.63, 3.8) is 0 Å². The topological polar surface area (TPSA) is 85.7 Å². The van der Waals surface area contributed by atoms with Crippen molar-refractivity contribution in [1.29, 1.82) is 0 Å². The summed E-state index contributed by atoms with van der Waals surface area (Å²) < 4.78 is 39.9. The number of sulfonamides is 1. The van der Waals surface area contributed by atoms with Crippen LogP contribution < -0.4 is 14.2 Å². The van der Waals surface area contributed by atoms with Gasteiger partial charge in [-0.1, -0.05) is 6.07 Å². The number of ether oxygens (including phenoxy) is 2. The second-order valence-corrected chi connectivity index (χ2v) is 7.74. The van der Waals surface area contributed by atoms with Crippen molar-refractivity contribution >= 4 is 10.0 Å². The number of benzene rings is 1. The molecule has 2 heterocycles. The van der Waals surface area contributed by atoms with Gasteiger partial charge in [-0.15, -0.1) is 0 Å². The molecule has 1 unspecified atom stereocenters. The minimum absolute atomic E-state index is 0.148. The van der Waals surface area contributed by atoms with Gasteiger partial charge in [-0.3, -0.25) is 4.68 Å². The molecule has 2 aromatic rings. The van der Waals surface area contributed by atoms with Gasteiger partial charge in [-0.05, 0) is 38.7 Å². The molecule has 0 saturated heterocycles. The van der Waals surface area contributed by atoms with Gasteiger partial charge in [0.05, 0.1) is 6.20 Å². The number of hydrogen-bond acceptors (Lipinski definition) is 6. The lowest BCUT2D eigenvalue weighted by Crippen LogP contribution is -2.34. The van der Waals surface area contributed by atoms with E-state index in [1.165, 1.54) is 12.4 Å². The monoisotopic (exact) mass is 366 g/mol. The van der Waals surface area contributed by atoms with Gasteiger partial charge in [0.1, 0.15) is 4.90 Å². The van der Waals surface area contributed by atoms with Crippen molar-refractivity contribution in [2.75, 3.05) is 27.4 Å². The molecule has 1 atom stereocenters. The zero-order valence-corrected chi connectivity index (χ0v) is 15.3. The Labute approximate surface area is 147 Å². The third kappa shape index (κ3) is 3.78. The summed E-state index contributed by atoms with van der Waals surface area (Å²) >= 11 is 0. The largest absolute Gasteiger partial charge is 0.454 e. The molecule has 0 fully saturated rings. The fraction of sp³-hybridized carbons (Fsp3) is 0.438. The van der Waals surface area contributed by atoms with Crippen LogP contribution in [-0.4, -0.2) is 50.5 Å². The van der Waals surface area contributed by atoms with Gasteiger partial charge in [0, 0.05) is 25.3 Å². The predicted molar refractivity (Wildman–Crippen MR) is 92.1 cm³/mol. The molecule has 8 nitrogen and oxygen atoms in total. The summed E-state index contributed by atoms with van der Waals surface area (Å²) in [5, 5.41) is 4.02. The van der Waals surface area contributed by atoms with Crippen molar-refractivity contribution in [2.24, 2.45) is 0 Å². The van der Waals surface area contributed by atoms with Crippen LogP contribution in [0.25, 0.3) is 0 Å². The van der Waals surface area contributed by atoms with Crippen molar-refractivity contribution in [1.82, 2.24) is 19.4 Å². The smallest absolute Gasteiger partial charge is 0.243 e. The Balaban J connectivity index is 1.76. The summed E-state index contributed by atoms with van der Waals surface area (Å²) in [6.45, 7) is 2.96. The van der Waals surface area contributed by atoms with Gasteiger partial charge >= 0.3 is 0 Å². The van der Waals surface area contributed by atoms with E-state index in [0.29, 0.717) is 18.0 Å². The van der Waals surface area contributed by atoms with E-state index in [0.717, 1.165) is 5.56 Å². The van der Waals surface area contributed by atoms with Crippen LogP contribution in [0.5, 0.6) is 11.5 Å². The molecule has 0 spiro atoms. The van der Waals surface area contributed by atoms with E-state index in [9.17, 15) is 8.42 Å². The SMILES string of the molecule is CCn1cc(S(=O)(=O)NCC(c2ccc3c(c2)OCO3)N(C)C)cn1. The van der Waals surface area contributed by atoms with E-state index in [1.807, 2.05) is 44.1 Å². The number of aromatic nitrogens is 2. The Morgan fingerprint density at radius 1 is 1.32 bits per heavy atom. The average Bonchev–Trinajstić information content (AvgIpc) is 3.23. The van der Waals surface area contributed by atoms with Crippen molar-refractivity contribution in [2.45, 2.75) is 24.4 Å². The summed E-state index contributed by atoms with van der Waals surface area (Å²) in [7, 11) is 0.189. The minimum atomic E-state index is -3.61. The molecule has 1 aromatic carbocycles. The molecule has 9 heteroatoms. The van der Waals surface area contributed by atoms with Crippen LogP contribution in [0.3, 0.4) is 0 Å². The summed E-state index contributed by atoms with van der Waals surface area (Å²) in [5.41, 5.74) is 0.946. The molecule has 0 aliphatic carbocycles. The molecule has 0 radical (unpaired) electrons. The summed E-state index contributed by atoms with van der Waals surface area (Å²) in [6, 6.07) is 5.50. The quantitative estimate of drug-likeness (QED) is 0.793. The fourth-order valence-electron chi connectivity index (χ4n) is 2.65. The van der Waals surface area contributed by atoms with Crippen molar-refractivity contribution in [3.05, 3.63) is 36.2 Å². The maximum absolute atomic E-state index is 12.5. The van der Waals surface area contributed by atoms with E-state index < -0.39 is 10.0 Å². The third-order valence-corrected chi connectivity index (χ3v) is 5.49. The van der Waals surface area contributed by atoms with Crippen LogP contribution in [0, 0.1) is 0 Å². The number of likely N-dealkylation sites (N-methyl/N-ethyl adjacent to an activating group) is 1. The molecular formula is C16H22N4O4S. The molecule has 25 heavy (non-hydrogen) atoms. The van der Waals surface area contributed by atoms with Crippen LogP contribution in [0.4, 0.5) is 0 Å².